The molecule has 1 atom stereocenters. The monoisotopic (exact) mass is 263 g/mol. The molecule has 1 unspecified atom stereocenters. The number of nitrogens with two attached hydrogens (primary N) is 1. The van der Waals surface area contributed by atoms with Gasteiger partial charge in [0.05, 0.1) is 5.69 Å². The van der Waals surface area contributed by atoms with Crippen molar-refractivity contribution in [3.05, 3.63) is 52.8 Å². The number of benzene rings is 1. The molecular formula is C14H18ClN3. The fourth-order valence-electron chi connectivity index (χ4n) is 1.85. The number of aromatic nitrogens is 2. The number of rotatable bonds is 4. The number of hydrogen-bond acceptors (Lipinski definition) is 2. The maximum absolute atomic E-state index is 6.17. The first-order valence-electron chi connectivity index (χ1n) is 6.11. The van der Waals surface area contributed by atoms with Crippen molar-refractivity contribution in [2.45, 2.75) is 32.4 Å². The van der Waals surface area contributed by atoms with Gasteiger partial charge in [0.2, 0.25) is 0 Å². The van der Waals surface area contributed by atoms with Gasteiger partial charge in [0.15, 0.2) is 0 Å². The second-order valence-electron chi connectivity index (χ2n) is 4.75. The predicted molar refractivity (Wildman–Crippen MR) is 74.7 cm³/mol. The number of halogens is 1. The molecule has 0 fully saturated rings. The highest BCUT2D eigenvalue weighted by Crippen LogP contribution is 2.19. The Morgan fingerprint density at radius 2 is 2.11 bits per heavy atom. The van der Waals surface area contributed by atoms with Crippen LogP contribution in [0.2, 0.25) is 5.02 Å². The van der Waals surface area contributed by atoms with E-state index in [1.54, 1.807) is 0 Å². The van der Waals surface area contributed by atoms with Crippen LogP contribution in [0, 0.1) is 0 Å². The Kier molecular flexibility index (Phi) is 4.04. The van der Waals surface area contributed by atoms with Gasteiger partial charge in [-0.15, -0.1) is 0 Å². The molecule has 1 heterocycles. The summed E-state index contributed by atoms with van der Waals surface area (Å²) in [5.41, 5.74) is 8.23. The Balaban J connectivity index is 2.08. The van der Waals surface area contributed by atoms with Gasteiger partial charge in [-0.25, -0.2) is 0 Å². The van der Waals surface area contributed by atoms with E-state index in [-0.39, 0.29) is 6.04 Å². The highest BCUT2D eigenvalue weighted by Gasteiger charge is 2.10. The lowest BCUT2D eigenvalue weighted by Crippen LogP contribution is -2.14. The second-order valence-corrected chi connectivity index (χ2v) is 5.18. The van der Waals surface area contributed by atoms with Gasteiger partial charge in [-0.1, -0.05) is 23.7 Å². The van der Waals surface area contributed by atoms with Gasteiger partial charge in [0.1, 0.15) is 0 Å². The number of hydrogen-bond donors (Lipinski definition) is 1. The summed E-state index contributed by atoms with van der Waals surface area (Å²) in [6.45, 7) is 4.21. The largest absolute Gasteiger partial charge is 0.324 e. The van der Waals surface area contributed by atoms with Crippen molar-refractivity contribution < 1.29 is 0 Å². The molecule has 96 valence electrons. The average Bonchev–Trinajstić information content (AvgIpc) is 2.77. The molecule has 0 bridgehead atoms. The summed E-state index contributed by atoms with van der Waals surface area (Å²) in [7, 11) is 0. The van der Waals surface area contributed by atoms with Crippen molar-refractivity contribution in [1.82, 2.24) is 9.78 Å². The second kappa shape index (κ2) is 5.55. The minimum absolute atomic E-state index is 0.0702. The van der Waals surface area contributed by atoms with Crippen LogP contribution in [0.3, 0.4) is 0 Å². The molecule has 1 aromatic carbocycles. The van der Waals surface area contributed by atoms with Crippen LogP contribution in [0.25, 0.3) is 0 Å². The van der Waals surface area contributed by atoms with Crippen LogP contribution in [0.1, 0.15) is 37.2 Å². The van der Waals surface area contributed by atoms with Crippen molar-refractivity contribution >= 4 is 11.6 Å². The van der Waals surface area contributed by atoms with Crippen molar-refractivity contribution in [2.24, 2.45) is 5.73 Å². The normalized spacial score (nSPS) is 12.9. The fourth-order valence-corrected chi connectivity index (χ4v) is 2.05. The molecular weight excluding hydrogens is 246 g/mol. The summed E-state index contributed by atoms with van der Waals surface area (Å²) < 4.78 is 1.94. The third-order valence-electron chi connectivity index (χ3n) is 2.90. The SMILES string of the molecule is CC(C)n1ccc(CC(N)c2cccc(Cl)c2)n1. The van der Waals surface area contributed by atoms with Crippen LogP contribution in [0.5, 0.6) is 0 Å². The Bertz CT molecular complexity index is 519. The van der Waals surface area contributed by atoms with Crippen LogP contribution in [-0.2, 0) is 6.42 Å². The Morgan fingerprint density at radius 3 is 2.72 bits per heavy atom. The molecule has 0 spiro atoms. The standard InChI is InChI=1S/C14H18ClN3/c1-10(2)18-7-6-13(17-18)9-14(16)11-4-3-5-12(15)8-11/h3-8,10,14H,9,16H2,1-2H3. The lowest BCUT2D eigenvalue weighted by molar-refractivity contribution is 0.522. The molecule has 0 aliphatic rings. The molecule has 2 aromatic rings. The van der Waals surface area contributed by atoms with Crippen molar-refractivity contribution in [1.29, 1.82) is 0 Å². The van der Waals surface area contributed by atoms with E-state index < -0.39 is 0 Å². The molecule has 0 saturated carbocycles. The fraction of sp³-hybridized carbons (Fsp3) is 0.357. The summed E-state index contributed by atoms with van der Waals surface area (Å²) in [4.78, 5) is 0. The summed E-state index contributed by atoms with van der Waals surface area (Å²) in [6, 6.07) is 10.0. The third-order valence-corrected chi connectivity index (χ3v) is 3.13. The summed E-state index contributed by atoms with van der Waals surface area (Å²) >= 11 is 5.96. The van der Waals surface area contributed by atoms with E-state index in [1.807, 2.05) is 41.2 Å². The first-order valence-corrected chi connectivity index (χ1v) is 6.49. The molecule has 1 aromatic heterocycles. The average molecular weight is 264 g/mol. The maximum Gasteiger partial charge on any atom is 0.0643 e. The van der Waals surface area contributed by atoms with Crippen LogP contribution in [0.15, 0.2) is 36.5 Å². The maximum atomic E-state index is 6.17. The van der Waals surface area contributed by atoms with Gasteiger partial charge in [-0.3, -0.25) is 4.68 Å². The van der Waals surface area contributed by atoms with Crippen LogP contribution in [0.4, 0.5) is 0 Å². The Morgan fingerprint density at radius 1 is 1.33 bits per heavy atom. The van der Waals surface area contributed by atoms with Gasteiger partial charge >= 0.3 is 0 Å². The zero-order valence-electron chi connectivity index (χ0n) is 10.7. The molecule has 2 rings (SSSR count). The first-order chi connectivity index (χ1) is 8.56. The zero-order valence-corrected chi connectivity index (χ0v) is 11.4. The van der Waals surface area contributed by atoms with Crippen molar-refractivity contribution in [3.8, 4) is 0 Å². The summed E-state index contributed by atoms with van der Waals surface area (Å²) in [6.07, 6.45) is 2.71. The van der Waals surface area contributed by atoms with E-state index in [1.165, 1.54) is 0 Å². The highest BCUT2D eigenvalue weighted by atomic mass is 35.5. The van der Waals surface area contributed by atoms with Gasteiger partial charge < -0.3 is 5.73 Å². The van der Waals surface area contributed by atoms with E-state index in [0.717, 1.165) is 22.7 Å². The lowest BCUT2D eigenvalue weighted by atomic mass is 10.0. The molecule has 0 aliphatic carbocycles. The topological polar surface area (TPSA) is 43.8 Å². The third kappa shape index (κ3) is 3.12. The smallest absolute Gasteiger partial charge is 0.0643 e. The Hall–Kier alpha value is -1.32. The van der Waals surface area contributed by atoms with Crippen LogP contribution in [-0.4, -0.2) is 9.78 Å². The van der Waals surface area contributed by atoms with E-state index in [9.17, 15) is 0 Å². The molecule has 3 nitrogen and oxygen atoms in total. The quantitative estimate of drug-likeness (QED) is 0.919. The minimum atomic E-state index is -0.0702. The lowest BCUT2D eigenvalue weighted by Gasteiger charge is -2.11. The van der Waals surface area contributed by atoms with Crippen LogP contribution < -0.4 is 5.73 Å². The first kappa shape index (κ1) is 13.1. The molecule has 4 heteroatoms. The van der Waals surface area contributed by atoms with E-state index in [0.29, 0.717) is 6.04 Å². The van der Waals surface area contributed by atoms with Gasteiger partial charge in [0, 0.05) is 29.7 Å². The summed E-state index contributed by atoms with van der Waals surface area (Å²) in [5.74, 6) is 0. The van der Waals surface area contributed by atoms with E-state index in [2.05, 4.69) is 18.9 Å². The van der Waals surface area contributed by atoms with Crippen molar-refractivity contribution in [3.63, 3.8) is 0 Å². The predicted octanol–water partition coefficient (Wildman–Crippen LogP) is 3.36. The van der Waals surface area contributed by atoms with E-state index >= 15 is 0 Å². The van der Waals surface area contributed by atoms with E-state index in [4.69, 9.17) is 17.3 Å². The summed E-state index contributed by atoms with van der Waals surface area (Å²) in [5, 5.41) is 5.22. The molecule has 0 aliphatic heterocycles. The van der Waals surface area contributed by atoms with Gasteiger partial charge in [-0.05, 0) is 37.6 Å². The van der Waals surface area contributed by atoms with Gasteiger partial charge in [0.25, 0.3) is 0 Å². The molecule has 18 heavy (non-hydrogen) atoms. The van der Waals surface area contributed by atoms with Gasteiger partial charge in [-0.2, -0.15) is 5.10 Å². The van der Waals surface area contributed by atoms with Crippen molar-refractivity contribution in [2.75, 3.05) is 0 Å². The molecule has 0 saturated heterocycles. The zero-order chi connectivity index (χ0) is 13.1. The molecule has 0 radical (unpaired) electrons. The van der Waals surface area contributed by atoms with Crippen LogP contribution >= 0.6 is 11.6 Å². The minimum Gasteiger partial charge on any atom is -0.324 e. The number of nitrogens with zero attached hydrogens (tertiary/aromatic N) is 2. The molecule has 2 N–H and O–H groups in total. The highest BCUT2D eigenvalue weighted by molar-refractivity contribution is 6.30. The Labute approximate surface area is 113 Å². The molecule has 0 amide bonds.